The second-order valence-corrected chi connectivity index (χ2v) is 6.57. The number of hydrogen-bond donors (Lipinski definition) is 1. The number of nitrogens with two attached hydrogens (primary N) is 1. The molecule has 1 nitrogen and oxygen atoms in total. The van der Waals surface area contributed by atoms with Gasteiger partial charge in [-0.3, -0.25) is 0 Å². The van der Waals surface area contributed by atoms with Crippen molar-refractivity contribution in [2.45, 2.75) is 46.1 Å². The summed E-state index contributed by atoms with van der Waals surface area (Å²) >= 11 is 1.90. The molecule has 1 unspecified atom stereocenters. The van der Waals surface area contributed by atoms with Crippen molar-refractivity contribution < 1.29 is 0 Å². The molecule has 0 spiro atoms. The maximum atomic E-state index is 6.31. The smallest absolute Gasteiger partial charge is 0.0128 e. The second-order valence-electron chi connectivity index (χ2n) is 5.32. The molecule has 2 rings (SSSR count). The highest BCUT2D eigenvalue weighted by Gasteiger charge is 2.09. The topological polar surface area (TPSA) is 26.0 Å². The molecular formula is C17H23NS. The van der Waals surface area contributed by atoms with Crippen LogP contribution in [-0.4, -0.2) is 6.04 Å². The van der Waals surface area contributed by atoms with Gasteiger partial charge >= 0.3 is 0 Å². The Morgan fingerprint density at radius 1 is 1.05 bits per heavy atom. The first-order chi connectivity index (χ1) is 9.08. The monoisotopic (exact) mass is 273 g/mol. The van der Waals surface area contributed by atoms with Crippen LogP contribution in [-0.2, 0) is 19.3 Å². The summed E-state index contributed by atoms with van der Waals surface area (Å²) in [5, 5.41) is 0. The molecule has 0 saturated heterocycles. The van der Waals surface area contributed by atoms with Crippen molar-refractivity contribution in [2.75, 3.05) is 0 Å². The van der Waals surface area contributed by atoms with E-state index >= 15 is 0 Å². The summed E-state index contributed by atoms with van der Waals surface area (Å²) in [5.41, 5.74) is 10.4. The van der Waals surface area contributed by atoms with Crippen LogP contribution in [0.2, 0.25) is 0 Å². The van der Waals surface area contributed by atoms with Crippen LogP contribution in [0.1, 0.15) is 33.4 Å². The van der Waals surface area contributed by atoms with Crippen LogP contribution < -0.4 is 5.73 Å². The summed E-state index contributed by atoms with van der Waals surface area (Å²) in [5.74, 6) is 0. The quantitative estimate of drug-likeness (QED) is 0.874. The standard InChI is InChI=1S/C17H23NS/c1-4-16-7-8-17(19-16)11-15(18)10-14-9-12(2)5-6-13(14)3/h5-9,15H,4,10-11,18H2,1-3H3. The third-order valence-electron chi connectivity index (χ3n) is 3.52. The summed E-state index contributed by atoms with van der Waals surface area (Å²) in [6.45, 7) is 6.51. The zero-order chi connectivity index (χ0) is 13.8. The summed E-state index contributed by atoms with van der Waals surface area (Å²) in [6.07, 6.45) is 3.07. The average Bonchev–Trinajstić information content (AvgIpc) is 2.81. The summed E-state index contributed by atoms with van der Waals surface area (Å²) < 4.78 is 0. The Morgan fingerprint density at radius 2 is 1.79 bits per heavy atom. The molecule has 0 aliphatic rings. The van der Waals surface area contributed by atoms with Crippen LogP contribution in [0.4, 0.5) is 0 Å². The molecule has 2 N–H and O–H groups in total. The fourth-order valence-corrected chi connectivity index (χ4v) is 3.41. The summed E-state index contributed by atoms with van der Waals surface area (Å²) in [7, 11) is 0. The van der Waals surface area contributed by atoms with Crippen molar-refractivity contribution in [2.24, 2.45) is 5.73 Å². The Balaban J connectivity index is 2.00. The SMILES string of the molecule is CCc1ccc(CC(N)Cc2cc(C)ccc2C)s1. The van der Waals surface area contributed by atoms with Crippen LogP contribution in [0.25, 0.3) is 0 Å². The summed E-state index contributed by atoms with van der Waals surface area (Å²) in [4.78, 5) is 2.86. The van der Waals surface area contributed by atoms with Crippen molar-refractivity contribution in [3.8, 4) is 0 Å². The molecule has 0 aliphatic carbocycles. The maximum Gasteiger partial charge on any atom is 0.0128 e. The van der Waals surface area contributed by atoms with Crippen LogP contribution in [0.3, 0.4) is 0 Å². The number of hydrogen-bond acceptors (Lipinski definition) is 2. The van der Waals surface area contributed by atoms with Gasteiger partial charge in [0.25, 0.3) is 0 Å². The van der Waals surface area contributed by atoms with Gasteiger partial charge in [0.15, 0.2) is 0 Å². The molecule has 2 heteroatoms. The van der Waals surface area contributed by atoms with Gasteiger partial charge in [-0.25, -0.2) is 0 Å². The molecule has 0 bridgehead atoms. The molecule has 19 heavy (non-hydrogen) atoms. The molecule has 2 aromatic rings. The molecule has 1 aromatic carbocycles. The normalized spacial score (nSPS) is 12.6. The van der Waals surface area contributed by atoms with Crippen molar-refractivity contribution in [1.29, 1.82) is 0 Å². The van der Waals surface area contributed by atoms with Gasteiger partial charge in [0, 0.05) is 15.8 Å². The lowest BCUT2D eigenvalue weighted by Crippen LogP contribution is -2.25. The molecule has 0 fully saturated rings. The van der Waals surface area contributed by atoms with E-state index in [1.165, 1.54) is 26.4 Å². The lowest BCUT2D eigenvalue weighted by molar-refractivity contribution is 0.668. The first-order valence-electron chi connectivity index (χ1n) is 6.97. The largest absolute Gasteiger partial charge is 0.327 e. The first kappa shape index (κ1) is 14.3. The van der Waals surface area contributed by atoms with E-state index in [0.717, 1.165) is 19.3 Å². The van der Waals surface area contributed by atoms with E-state index in [4.69, 9.17) is 5.73 Å². The fourth-order valence-electron chi connectivity index (χ4n) is 2.36. The van der Waals surface area contributed by atoms with E-state index < -0.39 is 0 Å². The molecule has 1 atom stereocenters. The Kier molecular flexibility index (Phi) is 4.78. The minimum atomic E-state index is 0.212. The Morgan fingerprint density at radius 3 is 2.47 bits per heavy atom. The van der Waals surface area contributed by atoms with Gasteiger partial charge in [-0.05, 0) is 56.4 Å². The van der Waals surface area contributed by atoms with Gasteiger partial charge < -0.3 is 5.73 Å². The molecule has 1 heterocycles. The molecule has 0 aliphatic heterocycles. The minimum Gasteiger partial charge on any atom is -0.327 e. The van der Waals surface area contributed by atoms with E-state index in [0.29, 0.717) is 0 Å². The highest BCUT2D eigenvalue weighted by molar-refractivity contribution is 7.11. The van der Waals surface area contributed by atoms with Crippen LogP contribution in [0.15, 0.2) is 30.3 Å². The lowest BCUT2D eigenvalue weighted by atomic mass is 9.97. The number of benzene rings is 1. The van der Waals surface area contributed by atoms with E-state index in [2.05, 4.69) is 51.1 Å². The Labute approximate surface area is 120 Å². The number of thiophene rings is 1. The molecular weight excluding hydrogens is 250 g/mol. The Bertz CT molecular complexity index is 542. The number of aryl methyl sites for hydroxylation is 3. The average molecular weight is 273 g/mol. The molecule has 0 radical (unpaired) electrons. The van der Waals surface area contributed by atoms with Gasteiger partial charge in [-0.2, -0.15) is 0 Å². The first-order valence-corrected chi connectivity index (χ1v) is 7.79. The Hall–Kier alpha value is -1.12. The fraction of sp³-hybridized carbons (Fsp3) is 0.412. The van der Waals surface area contributed by atoms with Gasteiger partial charge in [0.2, 0.25) is 0 Å². The predicted octanol–water partition coefficient (Wildman–Crippen LogP) is 4.04. The van der Waals surface area contributed by atoms with Gasteiger partial charge in [0.05, 0.1) is 0 Å². The van der Waals surface area contributed by atoms with E-state index in [9.17, 15) is 0 Å². The second kappa shape index (κ2) is 6.36. The van der Waals surface area contributed by atoms with Crippen LogP contribution >= 0.6 is 11.3 Å². The van der Waals surface area contributed by atoms with Crippen LogP contribution in [0.5, 0.6) is 0 Å². The minimum absolute atomic E-state index is 0.212. The zero-order valence-corrected chi connectivity index (χ0v) is 12.9. The van der Waals surface area contributed by atoms with E-state index in [1.54, 1.807) is 0 Å². The number of rotatable bonds is 5. The van der Waals surface area contributed by atoms with Crippen molar-refractivity contribution >= 4 is 11.3 Å². The third-order valence-corrected chi connectivity index (χ3v) is 4.77. The van der Waals surface area contributed by atoms with Gasteiger partial charge in [0.1, 0.15) is 0 Å². The van der Waals surface area contributed by atoms with E-state index in [1.807, 2.05) is 11.3 Å². The lowest BCUT2D eigenvalue weighted by Gasteiger charge is -2.13. The van der Waals surface area contributed by atoms with Crippen molar-refractivity contribution in [3.05, 3.63) is 56.8 Å². The van der Waals surface area contributed by atoms with Crippen molar-refractivity contribution in [3.63, 3.8) is 0 Å². The van der Waals surface area contributed by atoms with E-state index in [-0.39, 0.29) is 6.04 Å². The predicted molar refractivity (Wildman–Crippen MR) is 85.0 cm³/mol. The highest BCUT2D eigenvalue weighted by atomic mass is 32.1. The van der Waals surface area contributed by atoms with Gasteiger partial charge in [-0.15, -0.1) is 11.3 Å². The molecule has 1 aromatic heterocycles. The third kappa shape index (κ3) is 3.92. The maximum absolute atomic E-state index is 6.31. The zero-order valence-electron chi connectivity index (χ0n) is 12.1. The van der Waals surface area contributed by atoms with Crippen molar-refractivity contribution in [1.82, 2.24) is 0 Å². The van der Waals surface area contributed by atoms with Gasteiger partial charge in [-0.1, -0.05) is 30.7 Å². The highest BCUT2D eigenvalue weighted by Crippen LogP contribution is 2.20. The summed E-state index contributed by atoms with van der Waals surface area (Å²) in [6, 6.07) is 11.3. The molecule has 0 saturated carbocycles. The molecule has 0 amide bonds. The molecule has 102 valence electrons. The van der Waals surface area contributed by atoms with Crippen LogP contribution in [0, 0.1) is 13.8 Å².